The van der Waals surface area contributed by atoms with Crippen LogP contribution in [0.15, 0.2) is 24.3 Å². The molecule has 1 atom stereocenters. The first-order valence-corrected chi connectivity index (χ1v) is 7.92. The summed E-state index contributed by atoms with van der Waals surface area (Å²) in [7, 11) is 0. The second-order valence-electron chi connectivity index (χ2n) is 7.62. The van der Waals surface area contributed by atoms with E-state index in [1.54, 1.807) is 0 Å². The van der Waals surface area contributed by atoms with Gasteiger partial charge >= 0.3 is 0 Å². The molecule has 1 aromatic rings. The van der Waals surface area contributed by atoms with Crippen LogP contribution in [0.4, 0.5) is 0 Å². The van der Waals surface area contributed by atoms with E-state index in [4.69, 9.17) is 0 Å². The highest BCUT2D eigenvalue weighted by Crippen LogP contribution is 2.67. The lowest BCUT2D eigenvalue weighted by molar-refractivity contribution is -0.122. The molecular formula is C18H26N2O. The van der Waals surface area contributed by atoms with Crippen LogP contribution in [-0.2, 0) is 11.3 Å². The Morgan fingerprint density at radius 2 is 1.90 bits per heavy atom. The maximum atomic E-state index is 12.6. The highest BCUT2D eigenvalue weighted by molar-refractivity contribution is 5.84. The second-order valence-corrected chi connectivity index (χ2v) is 7.62. The number of hydrogen-bond donors (Lipinski definition) is 2. The number of carbonyl (C=O) groups excluding carboxylic acids is 1. The molecule has 1 heterocycles. The first kappa shape index (κ1) is 14.6. The topological polar surface area (TPSA) is 41.1 Å². The minimum Gasteiger partial charge on any atom is -0.355 e. The molecule has 1 unspecified atom stereocenters. The number of benzene rings is 1. The fourth-order valence-corrected chi connectivity index (χ4v) is 3.90. The number of amides is 1. The standard InChI is InChI=1S/C18H26N2O/c1-17(2)15(18(17,3)4)11-20-16(21)14-10-19-9-12-7-5-6-8-13(12)14/h5-8,14-15,19H,9-11H2,1-4H3,(H,20,21). The number of hydrogen-bond acceptors (Lipinski definition) is 2. The lowest BCUT2D eigenvalue weighted by atomic mass is 9.90. The Morgan fingerprint density at radius 3 is 2.57 bits per heavy atom. The van der Waals surface area contributed by atoms with Gasteiger partial charge in [0, 0.05) is 19.6 Å². The summed E-state index contributed by atoms with van der Waals surface area (Å²) in [4.78, 5) is 12.6. The van der Waals surface area contributed by atoms with Crippen molar-refractivity contribution in [3.63, 3.8) is 0 Å². The van der Waals surface area contributed by atoms with Crippen molar-refractivity contribution < 1.29 is 4.79 Å². The van der Waals surface area contributed by atoms with Crippen LogP contribution in [0, 0.1) is 16.7 Å². The van der Waals surface area contributed by atoms with Crippen molar-refractivity contribution in [1.29, 1.82) is 0 Å². The predicted molar refractivity (Wildman–Crippen MR) is 85.0 cm³/mol. The molecule has 1 fully saturated rings. The lowest BCUT2D eigenvalue weighted by Gasteiger charge is -2.25. The highest BCUT2D eigenvalue weighted by atomic mass is 16.1. The Kier molecular flexibility index (Phi) is 3.36. The quantitative estimate of drug-likeness (QED) is 0.897. The van der Waals surface area contributed by atoms with Crippen LogP contribution in [0.2, 0.25) is 0 Å². The molecule has 0 spiro atoms. The van der Waals surface area contributed by atoms with Gasteiger partial charge in [-0.15, -0.1) is 0 Å². The molecule has 1 aliphatic carbocycles. The molecule has 21 heavy (non-hydrogen) atoms. The van der Waals surface area contributed by atoms with Crippen LogP contribution in [-0.4, -0.2) is 19.0 Å². The van der Waals surface area contributed by atoms with Crippen molar-refractivity contribution in [2.45, 2.75) is 40.2 Å². The van der Waals surface area contributed by atoms with Gasteiger partial charge in [0.25, 0.3) is 0 Å². The molecule has 3 nitrogen and oxygen atoms in total. The summed E-state index contributed by atoms with van der Waals surface area (Å²) >= 11 is 0. The van der Waals surface area contributed by atoms with Crippen molar-refractivity contribution in [2.75, 3.05) is 13.1 Å². The van der Waals surface area contributed by atoms with Gasteiger partial charge < -0.3 is 10.6 Å². The zero-order chi connectivity index (χ0) is 15.3. The van der Waals surface area contributed by atoms with Gasteiger partial charge in [0.15, 0.2) is 0 Å². The lowest BCUT2D eigenvalue weighted by Crippen LogP contribution is -2.39. The summed E-state index contributed by atoms with van der Waals surface area (Å²) in [5.41, 5.74) is 3.07. The minimum atomic E-state index is -0.0556. The van der Waals surface area contributed by atoms with E-state index in [2.05, 4.69) is 50.5 Å². The molecule has 0 radical (unpaired) electrons. The molecule has 1 amide bonds. The fraction of sp³-hybridized carbons (Fsp3) is 0.611. The van der Waals surface area contributed by atoms with E-state index in [0.29, 0.717) is 16.7 Å². The van der Waals surface area contributed by atoms with Crippen LogP contribution in [0.3, 0.4) is 0 Å². The third kappa shape index (κ3) is 2.28. The van der Waals surface area contributed by atoms with Crippen molar-refractivity contribution in [3.05, 3.63) is 35.4 Å². The highest BCUT2D eigenvalue weighted by Gasteiger charge is 2.64. The Bertz CT molecular complexity index is 548. The predicted octanol–water partition coefficient (Wildman–Crippen LogP) is 2.67. The maximum absolute atomic E-state index is 12.6. The summed E-state index contributed by atoms with van der Waals surface area (Å²) in [5, 5.41) is 6.53. The molecule has 1 saturated carbocycles. The van der Waals surface area contributed by atoms with Crippen LogP contribution in [0.5, 0.6) is 0 Å². The SMILES string of the molecule is CC1(C)C(CNC(=O)C2CNCc3ccccc32)C1(C)C. The smallest absolute Gasteiger partial charge is 0.228 e. The van der Waals surface area contributed by atoms with Crippen LogP contribution in [0.25, 0.3) is 0 Å². The first-order chi connectivity index (χ1) is 9.85. The van der Waals surface area contributed by atoms with Gasteiger partial charge in [0.2, 0.25) is 5.91 Å². The summed E-state index contributed by atoms with van der Waals surface area (Å²) in [5.74, 6) is 0.675. The Morgan fingerprint density at radius 1 is 1.24 bits per heavy atom. The van der Waals surface area contributed by atoms with E-state index in [1.165, 1.54) is 11.1 Å². The normalized spacial score (nSPS) is 26.0. The van der Waals surface area contributed by atoms with Crippen molar-refractivity contribution >= 4 is 5.91 Å². The van der Waals surface area contributed by atoms with E-state index in [9.17, 15) is 4.79 Å². The van der Waals surface area contributed by atoms with E-state index < -0.39 is 0 Å². The number of rotatable bonds is 3. The molecule has 3 heteroatoms. The maximum Gasteiger partial charge on any atom is 0.228 e. The molecular weight excluding hydrogens is 260 g/mol. The van der Waals surface area contributed by atoms with Gasteiger partial charge in [-0.25, -0.2) is 0 Å². The zero-order valence-electron chi connectivity index (χ0n) is 13.5. The Hall–Kier alpha value is -1.35. The number of fused-ring (bicyclic) bond motifs is 1. The van der Waals surface area contributed by atoms with Crippen molar-refractivity contribution in [2.24, 2.45) is 16.7 Å². The summed E-state index contributed by atoms with van der Waals surface area (Å²) in [6, 6.07) is 8.26. The minimum absolute atomic E-state index is 0.0556. The summed E-state index contributed by atoms with van der Waals surface area (Å²) in [6.45, 7) is 11.6. The van der Waals surface area contributed by atoms with Gasteiger partial charge in [-0.1, -0.05) is 52.0 Å². The van der Waals surface area contributed by atoms with Gasteiger partial charge in [-0.2, -0.15) is 0 Å². The van der Waals surface area contributed by atoms with E-state index in [1.807, 2.05) is 12.1 Å². The molecule has 1 aliphatic heterocycles. The Balaban J connectivity index is 1.65. The number of carbonyl (C=O) groups is 1. The molecule has 2 aliphatic rings. The molecule has 114 valence electrons. The van der Waals surface area contributed by atoms with Gasteiger partial charge in [-0.05, 0) is 27.9 Å². The van der Waals surface area contributed by atoms with E-state index in [-0.39, 0.29) is 11.8 Å². The first-order valence-electron chi connectivity index (χ1n) is 7.92. The molecule has 3 rings (SSSR count). The summed E-state index contributed by atoms with van der Waals surface area (Å²) < 4.78 is 0. The van der Waals surface area contributed by atoms with Gasteiger partial charge in [-0.3, -0.25) is 4.79 Å². The van der Waals surface area contributed by atoms with Gasteiger partial charge in [0.05, 0.1) is 5.92 Å². The molecule has 1 aromatic carbocycles. The average Bonchev–Trinajstić information content (AvgIpc) is 2.85. The van der Waals surface area contributed by atoms with Crippen LogP contribution >= 0.6 is 0 Å². The largest absolute Gasteiger partial charge is 0.355 e. The third-order valence-corrected chi connectivity index (χ3v) is 6.21. The third-order valence-electron chi connectivity index (χ3n) is 6.21. The Labute approximate surface area is 127 Å². The van der Waals surface area contributed by atoms with E-state index >= 15 is 0 Å². The fourth-order valence-electron chi connectivity index (χ4n) is 3.90. The summed E-state index contributed by atoms with van der Waals surface area (Å²) in [6.07, 6.45) is 0. The van der Waals surface area contributed by atoms with Crippen LogP contribution < -0.4 is 10.6 Å². The monoisotopic (exact) mass is 286 g/mol. The molecule has 0 bridgehead atoms. The number of nitrogens with one attached hydrogen (secondary N) is 2. The van der Waals surface area contributed by atoms with Crippen molar-refractivity contribution in [3.8, 4) is 0 Å². The van der Waals surface area contributed by atoms with E-state index in [0.717, 1.165) is 19.6 Å². The average molecular weight is 286 g/mol. The van der Waals surface area contributed by atoms with Crippen molar-refractivity contribution in [1.82, 2.24) is 10.6 Å². The van der Waals surface area contributed by atoms with Crippen LogP contribution in [0.1, 0.15) is 44.7 Å². The molecule has 2 N–H and O–H groups in total. The second kappa shape index (κ2) is 4.84. The zero-order valence-corrected chi connectivity index (χ0v) is 13.5. The molecule has 0 saturated heterocycles. The van der Waals surface area contributed by atoms with Gasteiger partial charge in [0.1, 0.15) is 0 Å². The molecule has 0 aromatic heterocycles.